The molecule has 0 amide bonds. The van der Waals surface area contributed by atoms with Crippen LogP contribution in [-0.4, -0.2) is 10.3 Å². The predicted octanol–water partition coefficient (Wildman–Crippen LogP) is 4.41. The van der Waals surface area contributed by atoms with Gasteiger partial charge in [0.05, 0.1) is 10.5 Å². The topological polar surface area (TPSA) is 43.1 Å². The molecule has 3 nitrogen and oxygen atoms in total. The lowest BCUT2D eigenvalue weighted by molar-refractivity contribution is -0.385. The van der Waals surface area contributed by atoms with E-state index in [0.29, 0.717) is 17.8 Å². The number of nitrogens with zero attached hydrogens (tertiary/aromatic N) is 1. The molecule has 1 aromatic carbocycles. The van der Waals surface area contributed by atoms with Crippen LogP contribution in [0.1, 0.15) is 17.5 Å². The monoisotopic (exact) mass is 323 g/mol. The minimum absolute atomic E-state index is 0.164. The lowest BCUT2D eigenvalue weighted by Crippen LogP contribution is -2.06. The van der Waals surface area contributed by atoms with E-state index in [1.54, 1.807) is 6.08 Å². The van der Waals surface area contributed by atoms with Crippen LogP contribution in [-0.2, 0) is 6.18 Å². The van der Waals surface area contributed by atoms with Crippen molar-refractivity contribution in [1.29, 1.82) is 0 Å². The van der Waals surface area contributed by atoms with Gasteiger partial charge >= 0.3 is 6.18 Å². The number of non-ortho nitro benzene ring substituents is 1. The summed E-state index contributed by atoms with van der Waals surface area (Å²) in [6.07, 6.45) is -0.883. The Morgan fingerprint density at radius 1 is 1.33 bits per heavy atom. The molecule has 0 fully saturated rings. The number of hydrogen-bond donors (Lipinski definition) is 0. The first kappa shape index (κ1) is 14.7. The molecular formula is C11H9BrF3NO2. The van der Waals surface area contributed by atoms with Crippen molar-refractivity contribution in [2.45, 2.75) is 12.6 Å². The van der Waals surface area contributed by atoms with E-state index in [-0.39, 0.29) is 5.56 Å². The van der Waals surface area contributed by atoms with E-state index in [1.807, 2.05) is 0 Å². The van der Waals surface area contributed by atoms with Gasteiger partial charge in [0.15, 0.2) is 0 Å². The summed E-state index contributed by atoms with van der Waals surface area (Å²) >= 11 is 3.17. The van der Waals surface area contributed by atoms with E-state index >= 15 is 0 Å². The van der Waals surface area contributed by atoms with E-state index in [9.17, 15) is 23.3 Å². The molecule has 0 unspecified atom stereocenters. The van der Waals surface area contributed by atoms with E-state index in [0.717, 1.165) is 12.1 Å². The van der Waals surface area contributed by atoms with Crippen LogP contribution >= 0.6 is 15.9 Å². The van der Waals surface area contributed by atoms with Gasteiger partial charge in [0.1, 0.15) is 0 Å². The maximum Gasteiger partial charge on any atom is 0.416 e. The van der Waals surface area contributed by atoms with Crippen LogP contribution < -0.4 is 0 Å². The highest BCUT2D eigenvalue weighted by atomic mass is 79.9. The second-order valence-electron chi connectivity index (χ2n) is 3.45. The molecule has 0 aliphatic carbocycles. The molecule has 0 aliphatic heterocycles. The largest absolute Gasteiger partial charge is 0.416 e. The molecular weight excluding hydrogens is 315 g/mol. The van der Waals surface area contributed by atoms with Crippen molar-refractivity contribution >= 4 is 27.7 Å². The molecule has 0 radical (unpaired) electrons. The molecule has 0 atom stereocenters. The maximum atomic E-state index is 12.5. The third kappa shape index (κ3) is 4.14. The highest BCUT2D eigenvalue weighted by Gasteiger charge is 2.32. The Morgan fingerprint density at radius 2 is 2.00 bits per heavy atom. The van der Waals surface area contributed by atoms with E-state index < -0.39 is 22.4 Å². The summed E-state index contributed by atoms with van der Waals surface area (Å²) in [6.45, 7) is 0. The van der Waals surface area contributed by atoms with Crippen molar-refractivity contribution in [2.75, 3.05) is 5.33 Å². The van der Waals surface area contributed by atoms with Crippen LogP contribution in [0.25, 0.3) is 6.08 Å². The highest BCUT2D eigenvalue weighted by Crippen LogP contribution is 2.32. The van der Waals surface area contributed by atoms with Crippen molar-refractivity contribution in [3.8, 4) is 0 Å². The molecule has 0 aromatic heterocycles. The predicted molar refractivity (Wildman–Crippen MR) is 65.5 cm³/mol. The summed E-state index contributed by atoms with van der Waals surface area (Å²) in [7, 11) is 0. The summed E-state index contributed by atoms with van der Waals surface area (Å²) in [5.74, 6) is 0. The number of alkyl halides is 4. The standard InChI is InChI=1S/C11H9BrF3NO2/c12-4-2-1-3-8-5-9(11(13,14)15)7-10(6-8)16(17)18/h1,3,5-7H,2,4H2. The molecule has 18 heavy (non-hydrogen) atoms. The lowest BCUT2D eigenvalue weighted by Gasteiger charge is -2.07. The quantitative estimate of drug-likeness (QED) is 0.468. The Balaban J connectivity index is 3.18. The van der Waals surface area contributed by atoms with Crippen molar-refractivity contribution in [3.63, 3.8) is 0 Å². The highest BCUT2D eigenvalue weighted by molar-refractivity contribution is 9.09. The average Bonchev–Trinajstić information content (AvgIpc) is 2.28. The lowest BCUT2D eigenvalue weighted by atomic mass is 10.1. The van der Waals surface area contributed by atoms with Crippen LogP contribution in [0, 0.1) is 10.1 Å². The first-order valence-corrected chi connectivity index (χ1v) is 6.06. The molecule has 98 valence electrons. The maximum absolute atomic E-state index is 12.5. The summed E-state index contributed by atoms with van der Waals surface area (Å²) in [6, 6.07) is 2.53. The van der Waals surface area contributed by atoms with Gasteiger partial charge in [0.25, 0.3) is 5.69 Å². The van der Waals surface area contributed by atoms with E-state index in [2.05, 4.69) is 15.9 Å². The van der Waals surface area contributed by atoms with Gasteiger partial charge in [0.2, 0.25) is 0 Å². The fraction of sp³-hybridized carbons (Fsp3) is 0.273. The molecule has 0 N–H and O–H groups in total. The fourth-order valence-corrected chi connectivity index (χ4v) is 1.55. The first-order chi connectivity index (χ1) is 8.34. The molecule has 1 aromatic rings. The van der Waals surface area contributed by atoms with Crippen LogP contribution in [0.2, 0.25) is 0 Å². The number of nitro benzene ring substituents is 1. The number of halogens is 4. The van der Waals surface area contributed by atoms with Gasteiger partial charge in [-0.25, -0.2) is 0 Å². The SMILES string of the molecule is O=[N+]([O-])c1cc(C=CCCBr)cc(C(F)(F)F)c1. The molecule has 0 heterocycles. The summed E-state index contributed by atoms with van der Waals surface area (Å²) < 4.78 is 37.6. The number of nitro groups is 1. The fourth-order valence-electron chi connectivity index (χ4n) is 1.28. The van der Waals surface area contributed by atoms with Gasteiger partial charge in [-0.1, -0.05) is 28.1 Å². The third-order valence-electron chi connectivity index (χ3n) is 2.06. The van der Waals surface area contributed by atoms with Crippen LogP contribution in [0.4, 0.5) is 18.9 Å². The number of allylic oxidation sites excluding steroid dienone is 1. The molecule has 1 rings (SSSR count). The normalized spacial score (nSPS) is 12.0. The van der Waals surface area contributed by atoms with Crippen molar-refractivity contribution < 1.29 is 18.1 Å². The molecule has 0 spiro atoms. The van der Waals surface area contributed by atoms with Gasteiger partial charge in [-0.2, -0.15) is 13.2 Å². The number of benzene rings is 1. The van der Waals surface area contributed by atoms with Crippen molar-refractivity contribution in [2.24, 2.45) is 0 Å². The summed E-state index contributed by atoms with van der Waals surface area (Å²) in [4.78, 5) is 9.73. The van der Waals surface area contributed by atoms with Gasteiger partial charge in [-0.3, -0.25) is 10.1 Å². The van der Waals surface area contributed by atoms with Crippen LogP contribution in [0.15, 0.2) is 24.3 Å². The molecule has 0 saturated carbocycles. The van der Waals surface area contributed by atoms with Gasteiger partial charge < -0.3 is 0 Å². The van der Waals surface area contributed by atoms with Gasteiger partial charge in [-0.15, -0.1) is 0 Å². The summed E-state index contributed by atoms with van der Waals surface area (Å²) in [5, 5.41) is 11.2. The minimum Gasteiger partial charge on any atom is -0.258 e. The average molecular weight is 324 g/mol. The van der Waals surface area contributed by atoms with E-state index in [4.69, 9.17) is 0 Å². The van der Waals surface area contributed by atoms with Crippen molar-refractivity contribution in [3.05, 3.63) is 45.5 Å². The zero-order valence-electron chi connectivity index (χ0n) is 9.08. The molecule has 7 heteroatoms. The zero-order valence-corrected chi connectivity index (χ0v) is 10.7. The minimum atomic E-state index is -4.59. The van der Waals surface area contributed by atoms with E-state index in [1.165, 1.54) is 6.08 Å². The zero-order chi connectivity index (χ0) is 13.8. The Hall–Kier alpha value is -1.37. The van der Waals surface area contributed by atoms with Gasteiger partial charge in [-0.05, 0) is 18.1 Å². The number of hydrogen-bond acceptors (Lipinski definition) is 2. The molecule has 0 aliphatic rings. The van der Waals surface area contributed by atoms with Crippen LogP contribution in [0.5, 0.6) is 0 Å². The second-order valence-corrected chi connectivity index (χ2v) is 4.24. The van der Waals surface area contributed by atoms with Crippen LogP contribution in [0.3, 0.4) is 0 Å². The number of rotatable bonds is 4. The Labute approximate surface area is 110 Å². The molecule has 0 saturated heterocycles. The van der Waals surface area contributed by atoms with Gasteiger partial charge in [0, 0.05) is 17.5 Å². The smallest absolute Gasteiger partial charge is 0.258 e. The molecule has 0 bridgehead atoms. The summed E-state index contributed by atoms with van der Waals surface area (Å²) in [5.41, 5.74) is -1.42. The van der Waals surface area contributed by atoms with Crippen molar-refractivity contribution in [1.82, 2.24) is 0 Å². The Kier molecular flexibility index (Phi) is 4.89. The Bertz CT molecular complexity index is 472. The first-order valence-electron chi connectivity index (χ1n) is 4.94. The Morgan fingerprint density at radius 3 is 2.50 bits per heavy atom. The second kappa shape index (κ2) is 5.99. The third-order valence-corrected chi connectivity index (χ3v) is 2.52.